The lowest BCUT2D eigenvalue weighted by Crippen LogP contribution is -2.46. The molecule has 2 fully saturated rings. The standard InChI is InChI=1S/C16H30N2O3/c1-16(2,3)21-15(20)18-9-4-6-13(11-18)10-17-8-5-7-14(17)12-19/h13-14,19H,4-12H2,1-3H3/t13?,14-/m1/s1. The van der Waals surface area contributed by atoms with Crippen LogP contribution in [0.2, 0.25) is 0 Å². The fraction of sp³-hybridized carbons (Fsp3) is 0.938. The maximum atomic E-state index is 12.2. The summed E-state index contributed by atoms with van der Waals surface area (Å²) in [6, 6.07) is 0.321. The highest BCUT2D eigenvalue weighted by atomic mass is 16.6. The molecule has 2 atom stereocenters. The summed E-state index contributed by atoms with van der Waals surface area (Å²) in [5, 5.41) is 9.41. The van der Waals surface area contributed by atoms with Crippen molar-refractivity contribution in [2.75, 3.05) is 32.8 Å². The van der Waals surface area contributed by atoms with Gasteiger partial charge in [0, 0.05) is 25.7 Å². The van der Waals surface area contributed by atoms with E-state index in [0.717, 1.165) is 45.4 Å². The fourth-order valence-corrected chi connectivity index (χ4v) is 3.38. The highest BCUT2D eigenvalue weighted by Crippen LogP contribution is 2.24. The summed E-state index contributed by atoms with van der Waals surface area (Å²) in [4.78, 5) is 16.4. The van der Waals surface area contributed by atoms with E-state index in [2.05, 4.69) is 4.90 Å². The number of rotatable bonds is 3. The number of piperidine rings is 1. The van der Waals surface area contributed by atoms with Gasteiger partial charge in [-0.3, -0.25) is 4.90 Å². The second kappa shape index (κ2) is 6.97. The summed E-state index contributed by atoms with van der Waals surface area (Å²) in [6.45, 7) is 9.62. The lowest BCUT2D eigenvalue weighted by molar-refractivity contribution is 0.0135. The zero-order valence-electron chi connectivity index (χ0n) is 13.7. The number of hydrogen-bond donors (Lipinski definition) is 1. The van der Waals surface area contributed by atoms with E-state index < -0.39 is 5.60 Å². The Kier molecular flexibility index (Phi) is 5.49. The number of carbonyl (C=O) groups excluding carboxylic acids is 1. The largest absolute Gasteiger partial charge is 0.444 e. The van der Waals surface area contributed by atoms with Gasteiger partial charge in [0.2, 0.25) is 0 Å². The van der Waals surface area contributed by atoms with Crippen molar-refractivity contribution in [3.63, 3.8) is 0 Å². The minimum atomic E-state index is -0.430. The predicted octanol–water partition coefficient (Wildman–Crippen LogP) is 2.09. The first kappa shape index (κ1) is 16.6. The Morgan fingerprint density at radius 3 is 2.62 bits per heavy atom. The molecule has 5 nitrogen and oxygen atoms in total. The van der Waals surface area contributed by atoms with Gasteiger partial charge in [-0.25, -0.2) is 4.79 Å². The molecule has 0 aromatic heterocycles. The van der Waals surface area contributed by atoms with Crippen molar-refractivity contribution in [3.05, 3.63) is 0 Å². The van der Waals surface area contributed by atoms with E-state index in [1.165, 1.54) is 6.42 Å². The molecule has 1 N–H and O–H groups in total. The van der Waals surface area contributed by atoms with Gasteiger partial charge in [-0.15, -0.1) is 0 Å². The topological polar surface area (TPSA) is 53.0 Å². The Balaban J connectivity index is 1.84. The molecule has 0 aliphatic carbocycles. The van der Waals surface area contributed by atoms with E-state index in [4.69, 9.17) is 4.74 Å². The third-order valence-corrected chi connectivity index (χ3v) is 4.37. The molecule has 2 rings (SSSR count). The van der Waals surface area contributed by atoms with Crippen LogP contribution in [-0.4, -0.2) is 65.4 Å². The van der Waals surface area contributed by atoms with E-state index in [1.807, 2.05) is 25.7 Å². The van der Waals surface area contributed by atoms with Crippen LogP contribution in [0.4, 0.5) is 4.79 Å². The van der Waals surface area contributed by atoms with Gasteiger partial charge in [0.15, 0.2) is 0 Å². The van der Waals surface area contributed by atoms with Gasteiger partial charge in [0.05, 0.1) is 6.61 Å². The van der Waals surface area contributed by atoms with E-state index in [1.54, 1.807) is 0 Å². The zero-order valence-corrected chi connectivity index (χ0v) is 13.7. The monoisotopic (exact) mass is 298 g/mol. The molecule has 0 saturated carbocycles. The van der Waals surface area contributed by atoms with Crippen LogP contribution in [0.5, 0.6) is 0 Å². The number of hydrogen-bond acceptors (Lipinski definition) is 4. The summed E-state index contributed by atoms with van der Waals surface area (Å²) in [7, 11) is 0. The van der Waals surface area contributed by atoms with Gasteiger partial charge >= 0.3 is 6.09 Å². The molecular formula is C16H30N2O3. The van der Waals surface area contributed by atoms with Crippen molar-refractivity contribution in [2.24, 2.45) is 5.92 Å². The number of likely N-dealkylation sites (tertiary alicyclic amines) is 2. The maximum Gasteiger partial charge on any atom is 0.410 e. The van der Waals surface area contributed by atoms with Gasteiger partial charge < -0.3 is 14.7 Å². The highest BCUT2D eigenvalue weighted by Gasteiger charge is 2.31. The Morgan fingerprint density at radius 2 is 1.95 bits per heavy atom. The summed E-state index contributed by atoms with van der Waals surface area (Å²) in [5.74, 6) is 0.499. The van der Waals surface area contributed by atoms with Crippen molar-refractivity contribution in [2.45, 2.75) is 58.1 Å². The molecule has 1 unspecified atom stereocenters. The molecular weight excluding hydrogens is 268 g/mol. The number of aliphatic hydroxyl groups excluding tert-OH is 1. The molecule has 0 radical (unpaired) electrons. The van der Waals surface area contributed by atoms with Gasteiger partial charge in [-0.2, -0.15) is 0 Å². The van der Waals surface area contributed by atoms with Gasteiger partial charge in [-0.05, 0) is 58.9 Å². The van der Waals surface area contributed by atoms with Gasteiger partial charge in [-0.1, -0.05) is 0 Å². The summed E-state index contributed by atoms with van der Waals surface area (Å²) < 4.78 is 5.47. The van der Waals surface area contributed by atoms with Crippen LogP contribution in [0.1, 0.15) is 46.5 Å². The van der Waals surface area contributed by atoms with E-state index in [-0.39, 0.29) is 12.7 Å². The van der Waals surface area contributed by atoms with Crippen LogP contribution in [0.15, 0.2) is 0 Å². The Labute approximate surface area is 128 Å². The van der Waals surface area contributed by atoms with E-state index in [0.29, 0.717) is 12.0 Å². The van der Waals surface area contributed by atoms with Crippen LogP contribution in [0, 0.1) is 5.92 Å². The van der Waals surface area contributed by atoms with Crippen LogP contribution in [0.3, 0.4) is 0 Å². The molecule has 21 heavy (non-hydrogen) atoms. The zero-order chi connectivity index (χ0) is 15.5. The molecule has 2 aliphatic rings. The molecule has 0 spiro atoms. The first-order valence-corrected chi connectivity index (χ1v) is 8.22. The van der Waals surface area contributed by atoms with Gasteiger partial charge in [0.1, 0.15) is 5.60 Å². The van der Waals surface area contributed by atoms with Crippen LogP contribution < -0.4 is 0 Å². The Bertz CT molecular complexity index is 354. The third-order valence-electron chi connectivity index (χ3n) is 4.37. The lowest BCUT2D eigenvalue weighted by atomic mass is 9.97. The van der Waals surface area contributed by atoms with E-state index >= 15 is 0 Å². The number of amides is 1. The molecule has 5 heteroatoms. The summed E-state index contributed by atoms with van der Waals surface area (Å²) in [6.07, 6.45) is 4.29. The molecule has 0 aromatic carbocycles. The minimum absolute atomic E-state index is 0.188. The Morgan fingerprint density at radius 1 is 1.24 bits per heavy atom. The maximum absolute atomic E-state index is 12.2. The summed E-state index contributed by atoms with van der Waals surface area (Å²) >= 11 is 0. The normalized spacial score (nSPS) is 27.9. The molecule has 2 aliphatic heterocycles. The highest BCUT2D eigenvalue weighted by molar-refractivity contribution is 5.68. The number of aliphatic hydroxyl groups is 1. The smallest absolute Gasteiger partial charge is 0.410 e. The average molecular weight is 298 g/mol. The van der Waals surface area contributed by atoms with Crippen LogP contribution in [-0.2, 0) is 4.74 Å². The quantitative estimate of drug-likeness (QED) is 0.867. The fourth-order valence-electron chi connectivity index (χ4n) is 3.38. The minimum Gasteiger partial charge on any atom is -0.444 e. The average Bonchev–Trinajstić information content (AvgIpc) is 2.84. The molecule has 2 saturated heterocycles. The van der Waals surface area contributed by atoms with Crippen molar-refractivity contribution in [1.29, 1.82) is 0 Å². The first-order valence-electron chi connectivity index (χ1n) is 8.22. The van der Waals surface area contributed by atoms with Crippen molar-refractivity contribution in [1.82, 2.24) is 9.80 Å². The third kappa shape index (κ3) is 4.85. The second-order valence-electron chi connectivity index (χ2n) is 7.41. The number of carbonyl (C=O) groups is 1. The van der Waals surface area contributed by atoms with Gasteiger partial charge in [0.25, 0.3) is 0 Å². The first-order chi connectivity index (χ1) is 9.89. The Hall–Kier alpha value is -0.810. The molecule has 2 heterocycles. The lowest BCUT2D eigenvalue weighted by Gasteiger charge is -2.36. The molecule has 1 amide bonds. The van der Waals surface area contributed by atoms with Crippen LogP contribution in [0.25, 0.3) is 0 Å². The number of nitrogens with zero attached hydrogens (tertiary/aromatic N) is 2. The molecule has 0 aromatic rings. The van der Waals surface area contributed by atoms with Crippen molar-refractivity contribution >= 4 is 6.09 Å². The molecule has 122 valence electrons. The van der Waals surface area contributed by atoms with Crippen molar-refractivity contribution < 1.29 is 14.6 Å². The predicted molar refractivity (Wildman–Crippen MR) is 82.2 cm³/mol. The van der Waals surface area contributed by atoms with Crippen LogP contribution >= 0.6 is 0 Å². The SMILES string of the molecule is CC(C)(C)OC(=O)N1CCCC(CN2CCC[C@@H]2CO)C1. The molecule has 0 bridgehead atoms. The number of ether oxygens (including phenoxy) is 1. The van der Waals surface area contributed by atoms with Crippen molar-refractivity contribution in [3.8, 4) is 0 Å². The van der Waals surface area contributed by atoms with E-state index in [9.17, 15) is 9.90 Å². The summed E-state index contributed by atoms with van der Waals surface area (Å²) in [5.41, 5.74) is -0.430. The second-order valence-corrected chi connectivity index (χ2v) is 7.41.